The minimum Gasteiger partial charge on any atom is -0.314 e. The van der Waals surface area contributed by atoms with E-state index in [-0.39, 0.29) is 0 Å². The molecule has 1 atom stereocenters. The van der Waals surface area contributed by atoms with E-state index >= 15 is 0 Å². The topological polar surface area (TPSA) is 42.7 Å². The van der Waals surface area contributed by atoms with Gasteiger partial charge in [-0.1, -0.05) is 29.3 Å². The van der Waals surface area contributed by atoms with Gasteiger partial charge in [-0.2, -0.15) is 0 Å². The molecule has 3 rings (SSSR count). The van der Waals surface area contributed by atoms with Crippen molar-refractivity contribution in [2.45, 2.75) is 45.2 Å². The van der Waals surface area contributed by atoms with Crippen LogP contribution in [0.5, 0.6) is 0 Å². The first-order valence-corrected chi connectivity index (χ1v) is 8.00. The monoisotopic (exact) mass is 304 g/mol. The van der Waals surface area contributed by atoms with Crippen LogP contribution < -0.4 is 5.32 Å². The van der Waals surface area contributed by atoms with Crippen molar-refractivity contribution in [2.24, 2.45) is 0 Å². The van der Waals surface area contributed by atoms with Gasteiger partial charge in [0.25, 0.3) is 0 Å². The Morgan fingerprint density at radius 1 is 1.38 bits per heavy atom. The minimum absolute atomic E-state index is 0.614. The molecule has 0 aliphatic carbocycles. The Morgan fingerprint density at radius 2 is 2.29 bits per heavy atom. The molecular weight excluding hydrogens is 284 g/mol. The zero-order valence-electron chi connectivity index (χ0n) is 12.3. The molecule has 2 aromatic rings. The number of rotatable bonds is 4. The quantitative estimate of drug-likeness (QED) is 0.941. The second-order valence-corrected chi connectivity index (χ2v) is 6.15. The predicted molar refractivity (Wildman–Crippen MR) is 85.5 cm³/mol. The maximum absolute atomic E-state index is 6.10. The van der Waals surface area contributed by atoms with Crippen LogP contribution in [-0.2, 0) is 6.54 Å². The highest BCUT2D eigenvalue weighted by Crippen LogP contribution is 2.24. The van der Waals surface area contributed by atoms with E-state index in [1.165, 1.54) is 19.3 Å². The summed E-state index contributed by atoms with van der Waals surface area (Å²) in [6.07, 6.45) is 6.83. The molecule has 21 heavy (non-hydrogen) atoms. The van der Waals surface area contributed by atoms with Crippen molar-refractivity contribution >= 4 is 11.6 Å². The van der Waals surface area contributed by atoms with E-state index in [1.807, 2.05) is 29.9 Å². The van der Waals surface area contributed by atoms with Gasteiger partial charge in [0.15, 0.2) is 0 Å². The summed E-state index contributed by atoms with van der Waals surface area (Å²) < 4.78 is 2.00. The Kier molecular flexibility index (Phi) is 4.56. The summed E-state index contributed by atoms with van der Waals surface area (Å²) in [4.78, 5) is 0. The number of benzene rings is 1. The highest BCUT2D eigenvalue weighted by atomic mass is 35.5. The fourth-order valence-corrected chi connectivity index (χ4v) is 3.02. The Hall–Kier alpha value is -1.39. The minimum atomic E-state index is 0.614. The van der Waals surface area contributed by atoms with E-state index in [2.05, 4.69) is 21.7 Å². The highest BCUT2D eigenvalue weighted by Gasteiger charge is 2.14. The van der Waals surface area contributed by atoms with Crippen molar-refractivity contribution < 1.29 is 0 Å². The second kappa shape index (κ2) is 6.58. The average molecular weight is 305 g/mol. The molecule has 0 amide bonds. The van der Waals surface area contributed by atoms with Crippen LogP contribution in [0.1, 0.15) is 31.2 Å². The fraction of sp³-hybridized carbons (Fsp3) is 0.500. The summed E-state index contributed by atoms with van der Waals surface area (Å²) in [5.41, 5.74) is 3.26. The summed E-state index contributed by atoms with van der Waals surface area (Å²) in [6, 6.07) is 6.68. The van der Waals surface area contributed by atoms with E-state index in [9.17, 15) is 0 Å². The third kappa shape index (κ3) is 3.44. The van der Waals surface area contributed by atoms with Gasteiger partial charge in [-0.15, -0.1) is 5.10 Å². The number of aryl methyl sites for hydroxylation is 2. The van der Waals surface area contributed by atoms with Gasteiger partial charge in [-0.3, -0.25) is 0 Å². The van der Waals surface area contributed by atoms with Crippen molar-refractivity contribution in [1.82, 2.24) is 20.3 Å². The summed E-state index contributed by atoms with van der Waals surface area (Å²) in [5.74, 6) is 0. The van der Waals surface area contributed by atoms with Crippen LogP contribution in [0, 0.1) is 6.92 Å². The molecule has 2 heterocycles. The molecule has 5 heteroatoms. The Labute approximate surface area is 130 Å². The van der Waals surface area contributed by atoms with Crippen molar-refractivity contribution in [3.8, 4) is 11.3 Å². The lowest BCUT2D eigenvalue weighted by molar-refractivity contribution is 0.359. The number of aromatic nitrogens is 3. The third-order valence-electron chi connectivity index (χ3n) is 4.17. The summed E-state index contributed by atoms with van der Waals surface area (Å²) in [7, 11) is 0. The van der Waals surface area contributed by atoms with Gasteiger partial charge in [0.1, 0.15) is 0 Å². The van der Waals surface area contributed by atoms with E-state index in [0.29, 0.717) is 6.04 Å². The van der Waals surface area contributed by atoms with Crippen LogP contribution >= 0.6 is 11.6 Å². The maximum Gasteiger partial charge on any atom is 0.0885 e. The van der Waals surface area contributed by atoms with Crippen molar-refractivity contribution in [3.63, 3.8) is 0 Å². The number of hydrogen-bond acceptors (Lipinski definition) is 3. The average Bonchev–Trinajstić information content (AvgIpc) is 2.97. The predicted octanol–water partition coefficient (Wildman–Crippen LogP) is 3.44. The smallest absolute Gasteiger partial charge is 0.0885 e. The molecule has 112 valence electrons. The molecule has 1 aliphatic heterocycles. The highest BCUT2D eigenvalue weighted by molar-refractivity contribution is 6.31. The lowest BCUT2D eigenvalue weighted by atomic mass is 10.0. The summed E-state index contributed by atoms with van der Waals surface area (Å²) in [5, 5.41) is 12.7. The Morgan fingerprint density at radius 3 is 3.05 bits per heavy atom. The molecule has 1 aromatic heterocycles. The Balaban J connectivity index is 1.72. The molecule has 4 nitrogen and oxygen atoms in total. The van der Waals surface area contributed by atoms with E-state index in [0.717, 1.165) is 41.4 Å². The first kappa shape index (κ1) is 14.5. The number of hydrogen-bond donors (Lipinski definition) is 1. The zero-order chi connectivity index (χ0) is 14.7. The number of halogens is 1. The van der Waals surface area contributed by atoms with Crippen LogP contribution in [0.4, 0.5) is 0 Å². The van der Waals surface area contributed by atoms with Gasteiger partial charge in [0.2, 0.25) is 0 Å². The molecule has 0 radical (unpaired) electrons. The van der Waals surface area contributed by atoms with Crippen LogP contribution in [0.15, 0.2) is 24.4 Å². The molecule has 1 N–H and O–H groups in total. The van der Waals surface area contributed by atoms with Gasteiger partial charge < -0.3 is 5.32 Å². The molecule has 1 aromatic carbocycles. The third-order valence-corrected chi connectivity index (χ3v) is 4.60. The molecule has 1 saturated heterocycles. The van der Waals surface area contributed by atoms with Crippen molar-refractivity contribution in [1.29, 1.82) is 0 Å². The number of nitrogens with one attached hydrogen (secondary N) is 1. The Bertz CT molecular complexity index is 602. The summed E-state index contributed by atoms with van der Waals surface area (Å²) in [6.45, 7) is 4.06. The zero-order valence-corrected chi connectivity index (χ0v) is 13.1. The maximum atomic E-state index is 6.10. The van der Waals surface area contributed by atoms with Gasteiger partial charge >= 0.3 is 0 Å². The first-order valence-electron chi connectivity index (χ1n) is 7.62. The van der Waals surface area contributed by atoms with Gasteiger partial charge in [-0.05, 0) is 50.4 Å². The number of piperidine rings is 1. The van der Waals surface area contributed by atoms with Crippen LogP contribution in [0.3, 0.4) is 0 Å². The van der Waals surface area contributed by atoms with E-state index in [1.54, 1.807) is 0 Å². The van der Waals surface area contributed by atoms with Crippen LogP contribution in [0.2, 0.25) is 5.02 Å². The first-order chi connectivity index (χ1) is 10.2. The van der Waals surface area contributed by atoms with Gasteiger partial charge in [0, 0.05) is 23.2 Å². The standard InChI is InChI=1S/C16H21ClN4/c1-12-10-13(5-6-15(12)17)16-11-19-20-21(16)9-7-14-4-2-3-8-18-14/h5-6,10-11,14,18H,2-4,7-9H2,1H3. The molecular formula is C16H21ClN4. The van der Waals surface area contributed by atoms with Gasteiger partial charge in [-0.25, -0.2) is 4.68 Å². The lowest BCUT2D eigenvalue weighted by Crippen LogP contribution is -2.34. The SMILES string of the molecule is Cc1cc(-c2cnnn2CCC2CCCCN2)ccc1Cl. The fourth-order valence-electron chi connectivity index (χ4n) is 2.90. The molecule has 1 unspecified atom stereocenters. The summed E-state index contributed by atoms with van der Waals surface area (Å²) >= 11 is 6.10. The van der Waals surface area contributed by atoms with E-state index in [4.69, 9.17) is 11.6 Å². The van der Waals surface area contributed by atoms with E-state index < -0.39 is 0 Å². The molecule has 0 spiro atoms. The number of nitrogens with zero attached hydrogens (tertiary/aromatic N) is 3. The van der Waals surface area contributed by atoms with Crippen molar-refractivity contribution in [3.05, 3.63) is 35.0 Å². The van der Waals surface area contributed by atoms with Crippen LogP contribution in [0.25, 0.3) is 11.3 Å². The molecule has 1 aliphatic rings. The normalized spacial score (nSPS) is 18.9. The lowest BCUT2D eigenvalue weighted by Gasteiger charge is -2.23. The van der Waals surface area contributed by atoms with Gasteiger partial charge in [0.05, 0.1) is 11.9 Å². The second-order valence-electron chi connectivity index (χ2n) is 5.74. The molecule has 1 fully saturated rings. The van der Waals surface area contributed by atoms with Crippen LogP contribution in [-0.4, -0.2) is 27.6 Å². The largest absolute Gasteiger partial charge is 0.314 e. The molecule has 0 saturated carbocycles. The van der Waals surface area contributed by atoms with Crippen molar-refractivity contribution in [2.75, 3.05) is 6.54 Å². The molecule has 0 bridgehead atoms.